The van der Waals surface area contributed by atoms with Gasteiger partial charge in [-0.25, -0.2) is 0 Å². The van der Waals surface area contributed by atoms with E-state index in [1.165, 1.54) is 0 Å². The van der Waals surface area contributed by atoms with Crippen molar-refractivity contribution in [2.45, 2.75) is 56.6 Å². The SMILES string of the molecule is COc1ccc(COC[C@H]2O[C@]3(C)CO[C@@H](c4ccccc4)O[C@H]3CC[C@@H]2O)cc1. The molecule has 2 aliphatic heterocycles. The summed E-state index contributed by atoms with van der Waals surface area (Å²) in [6, 6.07) is 17.6. The molecule has 0 bridgehead atoms. The van der Waals surface area contributed by atoms with Gasteiger partial charge in [0.2, 0.25) is 0 Å². The summed E-state index contributed by atoms with van der Waals surface area (Å²) in [5.41, 5.74) is 1.40. The minimum Gasteiger partial charge on any atom is -0.497 e. The molecule has 0 saturated carbocycles. The maximum absolute atomic E-state index is 10.6. The summed E-state index contributed by atoms with van der Waals surface area (Å²) in [7, 11) is 1.64. The Balaban J connectivity index is 1.35. The Kier molecular flexibility index (Phi) is 6.71. The first kappa shape index (κ1) is 21.3. The predicted molar refractivity (Wildman–Crippen MR) is 111 cm³/mol. The Bertz CT molecular complexity index is 795. The van der Waals surface area contributed by atoms with E-state index in [4.69, 9.17) is 23.7 Å². The molecule has 30 heavy (non-hydrogen) atoms. The predicted octanol–water partition coefficient (Wildman–Crippen LogP) is 3.62. The van der Waals surface area contributed by atoms with Crippen LogP contribution in [0.3, 0.4) is 0 Å². The van der Waals surface area contributed by atoms with Crippen LogP contribution in [-0.2, 0) is 25.6 Å². The Morgan fingerprint density at radius 2 is 1.83 bits per heavy atom. The highest BCUT2D eigenvalue weighted by molar-refractivity contribution is 5.26. The first-order chi connectivity index (χ1) is 14.6. The molecule has 2 aromatic carbocycles. The fraction of sp³-hybridized carbons (Fsp3) is 0.500. The number of ether oxygens (including phenoxy) is 5. The third-order valence-corrected chi connectivity index (χ3v) is 5.85. The summed E-state index contributed by atoms with van der Waals surface area (Å²) in [5, 5.41) is 10.6. The van der Waals surface area contributed by atoms with Crippen molar-refractivity contribution < 1.29 is 28.8 Å². The fourth-order valence-electron chi connectivity index (χ4n) is 4.03. The van der Waals surface area contributed by atoms with E-state index in [1.54, 1.807) is 7.11 Å². The maximum atomic E-state index is 10.6. The van der Waals surface area contributed by atoms with Gasteiger partial charge in [0.05, 0.1) is 39.1 Å². The molecule has 6 heteroatoms. The van der Waals surface area contributed by atoms with Crippen molar-refractivity contribution in [3.05, 3.63) is 65.7 Å². The smallest absolute Gasteiger partial charge is 0.184 e. The van der Waals surface area contributed by atoms with Gasteiger partial charge >= 0.3 is 0 Å². The molecule has 2 aromatic rings. The zero-order chi connectivity index (χ0) is 21.0. The third-order valence-electron chi connectivity index (χ3n) is 5.85. The number of methoxy groups -OCH3 is 1. The molecule has 0 unspecified atom stereocenters. The van der Waals surface area contributed by atoms with Crippen molar-refractivity contribution in [3.63, 3.8) is 0 Å². The Labute approximate surface area is 177 Å². The van der Waals surface area contributed by atoms with Crippen LogP contribution in [0.25, 0.3) is 0 Å². The van der Waals surface area contributed by atoms with Crippen LogP contribution in [0.15, 0.2) is 54.6 Å². The Morgan fingerprint density at radius 1 is 1.07 bits per heavy atom. The van der Waals surface area contributed by atoms with E-state index in [2.05, 4.69) is 0 Å². The molecular formula is C24H30O6. The molecule has 6 nitrogen and oxygen atoms in total. The van der Waals surface area contributed by atoms with Crippen LogP contribution in [0, 0.1) is 0 Å². The number of aliphatic hydroxyl groups excluding tert-OH is 1. The summed E-state index contributed by atoms with van der Waals surface area (Å²) in [4.78, 5) is 0. The van der Waals surface area contributed by atoms with Crippen molar-refractivity contribution in [2.75, 3.05) is 20.3 Å². The molecule has 0 spiro atoms. The normalized spacial score (nSPS) is 31.6. The van der Waals surface area contributed by atoms with Gasteiger partial charge in [0.15, 0.2) is 6.29 Å². The minimum absolute atomic E-state index is 0.155. The fourth-order valence-corrected chi connectivity index (χ4v) is 4.03. The van der Waals surface area contributed by atoms with E-state index in [9.17, 15) is 5.11 Å². The molecule has 2 saturated heterocycles. The second-order valence-electron chi connectivity index (χ2n) is 8.16. The van der Waals surface area contributed by atoms with Crippen LogP contribution < -0.4 is 4.74 Å². The Hall–Kier alpha value is -1.96. The van der Waals surface area contributed by atoms with Gasteiger partial charge in [0.25, 0.3) is 0 Å². The average Bonchev–Trinajstić information content (AvgIpc) is 2.90. The summed E-state index contributed by atoms with van der Waals surface area (Å²) in [6.07, 6.45) is -0.302. The summed E-state index contributed by atoms with van der Waals surface area (Å²) >= 11 is 0. The van der Waals surface area contributed by atoms with Gasteiger partial charge in [-0.05, 0) is 37.5 Å². The lowest BCUT2D eigenvalue weighted by Crippen LogP contribution is -2.53. The van der Waals surface area contributed by atoms with Crippen molar-refractivity contribution in [1.82, 2.24) is 0 Å². The first-order valence-corrected chi connectivity index (χ1v) is 10.5. The van der Waals surface area contributed by atoms with Gasteiger partial charge in [-0.3, -0.25) is 0 Å². The monoisotopic (exact) mass is 414 g/mol. The number of aliphatic hydroxyl groups is 1. The topological polar surface area (TPSA) is 66.4 Å². The van der Waals surface area contributed by atoms with Crippen molar-refractivity contribution >= 4 is 0 Å². The quantitative estimate of drug-likeness (QED) is 0.779. The highest BCUT2D eigenvalue weighted by Gasteiger charge is 2.47. The lowest BCUT2D eigenvalue weighted by Gasteiger charge is -2.44. The van der Waals surface area contributed by atoms with E-state index >= 15 is 0 Å². The highest BCUT2D eigenvalue weighted by Crippen LogP contribution is 2.39. The van der Waals surface area contributed by atoms with E-state index in [1.807, 2.05) is 61.5 Å². The maximum Gasteiger partial charge on any atom is 0.184 e. The molecule has 2 fully saturated rings. The Morgan fingerprint density at radius 3 is 2.57 bits per heavy atom. The number of rotatable bonds is 6. The molecule has 0 amide bonds. The summed E-state index contributed by atoms with van der Waals surface area (Å²) in [5.74, 6) is 0.811. The number of fused-ring (bicyclic) bond motifs is 1. The van der Waals surface area contributed by atoms with E-state index in [-0.39, 0.29) is 6.10 Å². The molecule has 5 atom stereocenters. The first-order valence-electron chi connectivity index (χ1n) is 10.5. The minimum atomic E-state index is -0.628. The number of hydrogen-bond donors (Lipinski definition) is 1. The summed E-state index contributed by atoms with van der Waals surface area (Å²) in [6.45, 7) is 3.14. The molecule has 0 aromatic heterocycles. The van der Waals surface area contributed by atoms with Gasteiger partial charge < -0.3 is 28.8 Å². The van der Waals surface area contributed by atoms with Crippen molar-refractivity contribution in [1.29, 1.82) is 0 Å². The van der Waals surface area contributed by atoms with Gasteiger partial charge in [0.1, 0.15) is 17.5 Å². The number of benzene rings is 2. The average molecular weight is 414 g/mol. The van der Waals surface area contributed by atoms with Crippen LogP contribution in [0.1, 0.15) is 37.2 Å². The van der Waals surface area contributed by atoms with Crippen LogP contribution in [0.4, 0.5) is 0 Å². The largest absolute Gasteiger partial charge is 0.497 e. The van der Waals surface area contributed by atoms with E-state index in [0.717, 1.165) is 16.9 Å². The molecule has 162 valence electrons. The van der Waals surface area contributed by atoms with E-state index < -0.39 is 24.1 Å². The van der Waals surface area contributed by atoms with Crippen molar-refractivity contribution in [3.8, 4) is 5.75 Å². The third kappa shape index (κ3) is 4.85. The lowest BCUT2D eigenvalue weighted by atomic mass is 9.94. The zero-order valence-electron chi connectivity index (χ0n) is 17.5. The van der Waals surface area contributed by atoms with Crippen LogP contribution in [0.5, 0.6) is 5.75 Å². The summed E-state index contributed by atoms with van der Waals surface area (Å²) < 4.78 is 29.6. The second-order valence-corrected chi connectivity index (χ2v) is 8.16. The molecular weight excluding hydrogens is 384 g/mol. The van der Waals surface area contributed by atoms with Crippen LogP contribution >= 0.6 is 0 Å². The van der Waals surface area contributed by atoms with Gasteiger partial charge in [-0.2, -0.15) is 0 Å². The molecule has 1 N–H and O–H groups in total. The molecule has 2 heterocycles. The van der Waals surface area contributed by atoms with Gasteiger partial charge in [0, 0.05) is 5.56 Å². The van der Waals surface area contributed by atoms with E-state index in [0.29, 0.717) is 32.7 Å². The lowest BCUT2D eigenvalue weighted by molar-refractivity contribution is -0.308. The molecule has 0 aliphatic carbocycles. The molecule has 4 rings (SSSR count). The van der Waals surface area contributed by atoms with Crippen LogP contribution in [0.2, 0.25) is 0 Å². The van der Waals surface area contributed by atoms with Gasteiger partial charge in [-0.15, -0.1) is 0 Å². The molecule has 0 radical (unpaired) electrons. The van der Waals surface area contributed by atoms with Crippen molar-refractivity contribution in [2.24, 2.45) is 0 Å². The number of hydrogen-bond acceptors (Lipinski definition) is 6. The highest BCUT2D eigenvalue weighted by atomic mass is 16.7. The second kappa shape index (κ2) is 9.45. The zero-order valence-corrected chi connectivity index (χ0v) is 17.5. The van der Waals surface area contributed by atoms with Crippen LogP contribution in [-0.4, -0.2) is 49.3 Å². The molecule has 2 aliphatic rings. The standard InChI is InChI=1S/C24H30O6/c1-24-16-28-23(18-6-4-3-5-7-18)29-22(24)13-12-20(25)21(30-24)15-27-14-17-8-10-19(26-2)11-9-17/h3-11,20-23,25H,12-16H2,1-2H3/t20-,21+,22-,23+,24+/m0/s1. The van der Waals surface area contributed by atoms with Gasteiger partial charge in [-0.1, -0.05) is 42.5 Å².